The van der Waals surface area contributed by atoms with Crippen LogP contribution in [0.1, 0.15) is 27.1 Å². The highest BCUT2D eigenvalue weighted by Crippen LogP contribution is 2.19. The normalized spacial score (nSPS) is 9.19. The Balaban J connectivity index is 2.95. The molecule has 0 atom stereocenters. The average Bonchev–Trinajstić information content (AvgIpc) is 2.29. The fourth-order valence-corrected chi connectivity index (χ4v) is 1.13. The van der Waals surface area contributed by atoms with Gasteiger partial charge in [0, 0.05) is 12.0 Å². The Kier molecular flexibility index (Phi) is 4.10. The number of carboxylic acid groups (broad SMARTS) is 1. The Hall–Kier alpha value is -2.28. The maximum absolute atomic E-state index is 10.9. The second-order valence-electron chi connectivity index (χ2n) is 2.98. The van der Waals surface area contributed by atoms with Crippen molar-refractivity contribution in [1.82, 2.24) is 0 Å². The molecule has 1 aromatic carbocycles. The topological polar surface area (TPSA) is 63.6 Å². The first-order valence-corrected chi connectivity index (χ1v) is 4.58. The average molecular weight is 218 g/mol. The van der Waals surface area contributed by atoms with Crippen molar-refractivity contribution >= 4 is 12.3 Å². The van der Waals surface area contributed by atoms with Gasteiger partial charge in [-0.3, -0.25) is 4.79 Å². The van der Waals surface area contributed by atoms with Crippen LogP contribution in [-0.4, -0.2) is 24.0 Å². The lowest BCUT2D eigenvalue weighted by Gasteiger charge is -2.07. The SMILES string of the molecule is C#CCCOc1ccc(C=O)cc1C(=O)O. The smallest absolute Gasteiger partial charge is 0.339 e. The lowest BCUT2D eigenvalue weighted by Crippen LogP contribution is -2.04. The Morgan fingerprint density at radius 2 is 2.31 bits per heavy atom. The van der Waals surface area contributed by atoms with Gasteiger partial charge in [0.15, 0.2) is 0 Å². The maximum Gasteiger partial charge on any atom is 0.339 e. The van der Waals surface area contributed by atoms with Gasteiger partial charge < -0.3 is 9.84 Å². The summed E-state index contributed by atoms with van der Waals surface area (Å²) in [6.45, 7) is 0.247. The van der Waals surface area contributed by atoms with Crippen LogP contribution >= 0.6 is 0 Å². The van der Waals surface area contributed by atoms with Gasteiger partial charge in [-0.2, -0.15) is 0 Å². The summed E-state index contributed by atoms with van der Waals surface area (Å²) >= 11 is 0. The van der Waals surface area contributed by atoms with Gasteiger partial charge in [-0.25, -0.2) is 4.79 Å². The number of carboxylic acids is 1. The van der Waals surface area contributed by atoms with Crippen LogP contribution in [0.2, 0.25) is 0 Å². The minimum Gasteiger partial charge on any atom is -0.492 e. The Morgan fingerprint density at radius 1 is 1.56 bits per heavy atom. The van der Waals surface area contributed by atoms with Crippen LogP contribution in [0.15, 0.2) is 18.2 Å². The van der Waals surface area contributed by atoms with E-state index in [1.54, 1.807) is 0 Å². The summed E-state index contributed by atoms with van der Waals surface area (Å²) in [6.07, 6.45) is 6.02. The number of terminal acetylenes is 1. The van der Waals surface area contributed by atoms with Gasteiger partial charge in [-0.15, -0.1) is 12.3 Å². The fourth-order valence-electron chi connectivity index (χ4n) is 1.13. The highest BCUT2D eigenvalue weighted by Gasteiger charge is 2.11. The lowest BCUT2D eigenvalue weighted by molar-refractivity contribution is 0.0692. The molecule has 0 fully saturated rings. The molecule has 0 radical (unpaired) electrons. The number of ether oxygens (including phenoxy) is 1. The van der Waals surface area contributed by atoms with Crippen LogP contribution in [-0.2, 0) is 0 Å². The number of aldehydes is 1. The van der Waals surface area contributed by atoms with Gasteiger partial charge in [0.25, 0.3) is 0 Å². The summed E-state index contributed by atoms with van der Waals surface area (Å²) in [6, 6.07) is 4.20. The zero-order valence-corrected chi connectivity index (χ0v) is 8.47. The molecule has 0 aliphatic rings. The number of carbonyl (C=O) groups excluding carboxylic acids is 1. The molecule has 0 spiro atoms. The highest BCUT2D eigenvalue weighted by molar-refractivity contribution is 5.93. The first kappa shape index (κ1) is 11.8. The predicted octanol–water partition coefficient (Wildman–Crippen LogP) is 1.60. The van der Waals surface area contributed by atoms with Gasteiger partial charge in [0.1, 0.15) is 17.6 Å². The molecule has 0 aliphatic heterocycles. The van der Waals surface area contributed by atoms with Crippen molar-refractivity contribution in [2.45, 2.75) is 6.42 Å². The van der Waals surface area contributed by atoms with Gasteiger partial charge >= 0.3 is 5.97 Å². The van der Waals surface area contributed by atoms with Crippen molar-refractivity contribution in [2.75, 3.05) is 6.61 Å². The Labute approximate surface area is 92.9 Å². The fraction of sp³-hybridized carbons (Fsp3) is 0.167. The maximum atomic E-state index is 10.9. The zero-order chi connectivity index (χ0) is 12.0. The predicted molar refractivity (Wildman–Crippen MR) is 57.7 cm³/mol. The summed E-state index contributed by atoms with van der Waals surface area (Å²) in [5.41, 5.74) is 0.253. The van der Waals surface area contributed by atoms with Crippen LogP contribution in [0, 0.1) is 12.3 Å². The van der Waals surface area contributed by atoms with E-state index in [0.717, 1.165) is 0 Å². The van der Waals surface area contributed by atoms with Crippen LogP contribution in [0.25, 0.3) is 0 Å². The third-order valence-electron chi connectivity index (χ3n) is 1.87. The largest absolute Gasteiger partial charge is 0.492 e. The third-order valence-corrected chi connectivity index (χ3v) is 1.87. The van der Waals surface area contributed by atoms with Gasteiger partial charge in [-0.1, -0.05) is 0 Å². The molecule has 0 saturated carbocycles. The summed E-state index contributed by atoms with van der Waals surface area (Å²) < 4.78 is 5.20. The van der Waals surface area contributed by atoms with Gasteiger partial charge in [0.2, 0.25) is 0 Å². The van der Waals surface area contributed by atoms with E-state index in [-0.39, 0.29) is 17.9 Å². The van der Waals surface area contributed by atoms with E-state index in [2.05, 4.69) is 5.92 Å². The van der Waals surface area contributed by atoms with Crippen LogP contribution < -0.4 is 4.74 Å². The van der Waals surface area contributed by atoms with Crippen LogP contribution in [0.5, 0.6) is 5.75 Å². The molecule has 82 valence electrons. The molecule has 1 N–H and O–H groups in total. The second kappa shape index (κ2) is 5.56. The van der Waals surface area contributed by atoms with Gasteiger partial charge in [0.05, 0.1) is 6.61 Å². The standard InChI is InChI=1S/C12H10O4/c1-2-3-6-16-11-5-4-9(8-13)7-10(11)12(14)15/h1,4-5,7-8H,3,6H2,(H,14,15). The molecule has 1 rings (SSSR count). The van der Waals surface area contributed by atoms with Crippen molar-refractivity contribution < 1.29 is 19.4 Å². The molecular formula is C12H10O4. The number of benzene rings is 1. The van der Waals surface area contributed by atoms with E-state index >= 15 is 0 Å². The monoisotopic (exact) mass is 218 g/mol. The molecule has 0 aliphatic carbocycles. The first-order chi connectivity index (χ1) is 7.69. The molecule has 0 aromatic heterocycles. The van der Waals surface area contributed by atoms with Crippen LogP contribution in [0.3, 0.4) is 0 Å². The number of hydrogen-bond acceptors (Lipinski definition) is 3. The minimum absolute atomic E-state index is 0.0402. The van der Waals surface area contributed by atoms with Crippen molar-refractivity contribution in [3.05, 3.63) is 29.3 Å². The van der Waals surface area contributed by atoms with E-state index in [9.17, 15) is 9.59 Å². The summed E-state index contributed by atoms with van der Waals surface area (Å²) in [5, 5.41) is 8.91. The number of aromatic carboxylic acids is 1. The Morgan fingerprint density at radius 3 is 2.88 bits per heavy atom. The summed E-state index contributed by atoms with van der Waals surface area (Å²) in [4.78, 5) is 21.4. The van der Waals surface area contributed by atoms with E-state index in [1.165, 1.54) is 18.2 Å². The number of carbonyl (C=O) groups is 2. The zero-order valence-electron chi connectivity index (χ0n) is 8.47. The van der Waals surface area contributed by atoms with Crippen molar-refractivity contribution in [2.24, 2.45) is 0 Å². The van der Waals surface area contributed by atoms with Gasteiger partial charge in [-0.05, 0) is 18.2 Å². The number of hydrogen-bond donors (Lipinski definition) is 1. The van der Waals surface area contributed by atoms with E-state index in [1.807, 2.05) is 0 Å². The quantitative estimate of drug-likeness (QED) is 0.463. The molecule has 0 amide bonds. The second-order valence-corrected chi connectivity index (χ2v) is 2.98. The third kappa shape index (κ3) is 2.85. The molecule has 4 nitrogen and oxygen atoms in total. The lowest BCUT2D eigenvalue weighted by atomic mass is 10.1. The molecule has 4 heteroatoms. The van der Waals surface area contributed by atoms with Crippen molar-refractivity contribution in [1.29, 1.82) is 0 Å². The van der Waals surface area contributed by atoms with Crippen molar-refractivity contribution in [3.8, 4) is 18.1 Å². The molecule has 16 heavy (non-hydrogen) atoms. The first-order valence-electron chi connectivity index (χ1n) is 4.58. The van der Waals surface area contributed by atoms with Crippen LogP contribution in [0.4, 0.5) is 0 Å². The molecule has 0 bridgehead atoms. The van der Waals surface area contributed by atoms with Crippen molar-refractivity contribution in [3.63, 3.8) is 0 Å². The highest BCUT2D eigenvalue weighted by atomic mass is 16.5. The molecule has 1 aromatic rings. The van der Waals surface area contributed by atoms with E-state index in [4.69, 9.17) is 16.3 Å². The summed E-state index contributed by atoms with van der Waals surface area (Å²) in [7, 11) is 0. The molecule has 0 heterocycles. The van der Waals surface area contributed by atoms with E-state index < -0.39 is 5.97 Å². The molecule has 0 saturated heterocycles. The molecular weight excluding hydrogens is 208 g/mol. The summed E-state index contributed by atoms with van der Waals surface area (Å²) in [5.74, 6) is 1.46. The minimum atomic E-state index is -1.14. The Bertz CT molecular complexity index is 443. The van der Waals surface area contributed by atoms with E-state index in [0.29, 0.717) is 18.3 Å². The number of rotatable bonds is 5. The molecule has 0 unspecified atom stereocenters.